The average Bonchev–Trinajstić information content (AvgIpc) is 2.69. The van der Waals surface area contributed by atoms with E-state index in [2.05, 4.69) is 0 Å². The standard InChI is InChI=1S/C17H15Cl2N3O5S/c18-15-5-4-12(10-16(15)19)17(23)20-6-8-21(9-7-20)28(26,27)14-3-1-2-13(11-14)22(24)25/h1-5,10-11H,6-9H2. The molecule has 28 heavy (non-hydrogen) atoms. The van der Waals surface area contributed by atoms with E-state index < -0.39 is 14.9 Å². The highest BCUT2D eigenvalue weighted by atomic mass is 35.5. The van der Waals surface area contributed by atoms with Crippen molar-refractivity contribution in [2.75, 3.05) is 26.2 Å². The smallest absolute Gasteiger partial charge is 0.270 e. The van der Waals surface area contributed by atoms with E-state index in [-0.39, 0.29) is 47.7 Å². The molecule has 1 heterocycles. The summed E-state index contributed by atoms with van der Waals surface area (Å²) >= 11 is 11.8. The molecule has 0 N–H and O–H groups in total. The molecule has 0 bridgehead atoms. The van der Waals surface area contributed by atoms with Crippen LogP contribution in [0.1, 0.15) is 10.4 Å². The number of nitro benzene ring substituents is 1. The maximum absolute atomic E-state index is 12.8. The number of amides is 1. The van der Waals surface area contributed by atoms with Gasteiger partial charge in [0.25, 0.3) is 11.6 Å². The molecule has 3 rings (SSSR count). The van der Waals surface area contributed by atoms with Gasteiger partial charge in [-0.2, -0.15) is 4.31 Å². The molecule has 0 unspecified atom stereocenters. The molecule has 0 atom stereocenters. The first-order chi connectivity index (χ1) is 13.2. The Morgan fingerprint density at radius 3 is 2.29 bits per heavy atom. The highest BCUT2D eigenvalue weighted by molar-refractivity contribution is 7.89. The predicted molar refractivity (Wildman–Crippen MR) is 104 cm³/mol. The van der Waals surface area contributed by atoms with Gasteiger partial charge in [-0.1, -0.05) is 29.3 Å². The predicted octanol–water partition coefficient (Wildman–Crippen LogP) is 3.05. The van der Waals surface area contributed by atoms with Crippen molar-refractivity contribution < 1.29 is 18.1 Å². The van der Waals surface area contributed by atoms with Crippen LogP contribution in [0.5, 0.6) is 0 Å². The maximum Gasteiger partial charge on any atom is 0.270 e. The number of nitrogens with zero attached hydrogens (tertiary/aromatic N) is 3. The largest absolute Gasteiger partial charge is 0.336 e. The Morgan fingerprint density at radius 1 is 1.00 bits per heavy atom. The third-order valence-electron chi connectivity index (χ3n) is 4.36. The summed E-state index contributed by atoms with van der Waals surface area (Å²) in [6.07, 6.45) is 0. The van der Waals surface area contributed by atoms with Gasteiger partial charge >= 0.3 is 0 Å². The van der Waals surface area contributed by atoms with Crippen molar-refractivity contribution in [3.63, 3.8) is 0 Å². The molecule has 1 aliphatic rings. The van der Waals surface area contributed by atoms with Crippen molar-refractivity contribution in [3.8, 4) is 0 Å². The minimum Gasteiger partial charge on any atom is -0.336 e. The summed E-state index contributed by atoms with van der Waals surface area (Å²) < 4.78 is 26.7. The first-order valence-electron chi connectivity index (χ1n) is 8.19. The van der Waals surface area contributed by atoms with Crippen LogP contribution in [0.2, 0.25) is 10.0 Å². The van der Waals surface area contributed by atoms with E-state index >= 15 is 0 Å². The number of non-ortho nitro benzene ring substituents is 1. The van der Waals surface area contributed by atoms with Crippen LogP contribution < -0.4 is 0 Å². The Kier molecular flexibility index (Phi) is 5.90. The summed E-state index contributed by atoms with van der Waals surface area (Å²) in [5.74, 6) is -0.272. The molecule has 1 saturated heterocycles. The van der Waals surface area contributed by atoms with Crippen LogP contribution in [0, 0.1) is 10.1 Å². The Morgan fingerprint density at radius 2 is 1.68 bits per heavy atom. The van der Waals surface area contributed by atoms with Crippen LogP contribution in [0.25, 0.3) is 0 Å². The van der Waals surface area contributed by atoms with Crippen LogP contribution in [-0.2, 0) is 10.0 Å². The van der Waals surface area contributed by atoms with Crippen molar-refractivity contribution in [1.29, 1.82) is 0 Å². The minimum atomic E-state index is -3.89. The van der Waals surface area contributed by atoms with E-state index in [4.69, 9.17) is 23.2 Å². The number of benzene rings is 2. The number of carbonyl (C=O) groups is 1. The number of halogens is 2. The van der Waals surface area contributed by atoms with Gasteiger partial charge < -0.3 is 4.90 Å². The first-order valence-corrected chi connectivity index (χ1v) is 10.4. The molecule has 2 aromatic rings. The Hall–Kier alpha value is -2.20. The van der Waals surface area contributed by atoms with Gasteiger partial charge in [-0.25, -0.2) is 8.42 Å². The van der Waals surface area contributed by atoms with Gasteiger partial charge in [0.05, 0.1) is 19.9 Å². The van der Waals surface area contributed by atoms with Crippen molar-refractivity contribution in [3.05, 3.63) is 68.2 Å². The molecule has 11 heteroatoms. The summed E-state index contributed by atoms with van der Waals surface area (Å²) in [6, 6.07) is 9.46. The van der Waals surface area contributed by atoms with E-state index in [1.807, 2.05) is 0 Å². The molecule has 0 aromatic heterocycles. The number of sulfonamides is 1. The highest BCUT2D eigenvalue weighted by Gasteiger charge is 2.31. The quantitative estimate of drug-likeness (QED) is 0.533. The van der Waals surface area contributed by atoms with Crippen LogP contribution in [0.4, 0.5) is 5.69 Å². The summed E-state index contributed by atoms with van der Waals surface area (Å²) in [4.78, 5) is 24.2. The Bertz CT molecular complexity index is 1040. The summed E-state index contributed by atoms with van der Waals surface area (Å²) in [5, 5.41) is 11.5. The third kappa shape index (κ3) is 4.12. The zero-order valence-electron chi connectivity index (χ0n) is 14.4. The SMILES string of the molecule is O=C(c1ccc(Cl)c(Cl)c1)N1CCN(S(=O)(=O)c2cccc([N+](=O)[O-])c2)CC1. The summed E-state index contributed by atoms with van der Waals surface area (Å²) in [6.45, 7) is 0.538. The molecule has 8 nitrogen and oxygen atoms in total. The lowest BCUT2D eigenvalue weighted by atomic mass is 10.2. The van der Waals surface area contributed by atoms with Gasteiger partial charge in [0.15, 0.2) is 0 Å². The molecule has 0 radical (unpaired) electrons. The lowest BCUT2D eigenvalue weighted by Crippen LogP contribution is -2.50. The van der Waals surface area contributed by atoms with E-state index in [1.165, 1.54) is 39.5 Å². The van der Waals surface area contributed by atoms with Crippen molar-refractivity contribution >= 4 is 44.8 Å². The van der Waals surface area contributed by atoms with Gasteiger partial charge in [0.2, 0.25) is 10.0 Å². The van der Waals surface area contributed by atoms with E-state index in [0.717, 1.165) is 6.07 Å². The van der Waals surface area contributed by atoms with Gasteiger partial charge in [-0.05, 0) is 24.3 Å². The average molecular weight is 444 g/mol. The first kappa shape index (κ1) is 20.5. The fraction of sp³-hybridized carbons (Fsp3) is 0.235. The molecule has 148 valence electrons. The van der Waals surface area contributed by atoms with Crippen LogP contribution in [-0.4, -0.2) is 54.6 Å². The van der Waals surface area contributed by atoms with E-state index in [0.29, 0.717) is 10.6 Å². The van der Waals surface area contributed by atoms with E-state index in [9.17, 15) is 23.3 Å². The van der Waals surface area contributed by atoms with Crippen molar-refractivity contribution in [1.82, 2.24) is 9.21 Å². The second-order valence-corrected chi connectivity index (χ2v) is 8.83. The molecule has 1 fully saturated rings. The number of hydrogen-bond donors (Lipinski definition) is 0. The lowest BCUT2D eigenvalue weighted by Gasteiger charge is -2.34. The topological polar surface area (TPSA) is 101 Å². The number of rotatable bonds is 4. The molecule has 0 saturated carbocycles. The van der Waals surface area contributed by atoms with Crippen LogP contribution in [0.3, 0.4) is 0 Å². The second kappa shape index (κ2) is 8.04. The van der Waals surface area contributed by atoms with Crippen molar-refractivity contribution in [2.24, 2.45) is 0 Å². The highest BCUT2D eigenvalue weighted by Crippen LogP contribution is 2.25. The van der Waals surface area contributed by atoms with E-state index in [1.54, 1.807) is 6.07 Å². The summed E-state index contributed by atoms with van der Waals surface area (Å²) in [5.41, 5.74) is 0.0684. The van der Waals surface area contributed by atoms with Gasteiger partial charge in [0, 0.05) is 43.9 Å². The molecule has 1 amide bonds. The number of carbonyl (C=O) groups excluding carboxylic acids is 1. The molecule has 0 spiro atoms. The fourth-order valence-electron chi connectivity index (χ4n) is 2.85. The molecule has 2 aromatic carbocycles. The second-order valence-electron chi connectivity index (χ2n) is 6.08. The Balaban J connectivity index is 1.72. The fourth-order valence-corrected chi connectivity index (χ4v) is 4.61. The van der Waals surface area contributed by atoms with Gasteiger partial charge in [-0.15, -0.1) is 0 Å². The third-order valence-corrected chi connectivity index (χ3v) is 6.99. The zero-order chi connectivity index (χ0) is 20.5. The van der Waals surface area contributed by atoms with Gasteiger partial charge in [0.1, 0.15) is 0 Å². The number of piperazine rings is 1. The molecule has 0 aliphatic carbocycles. The van der Waals surface area contributed by atoms with Gasteiger partial charge in [-0.3, -0.25) is 14.9 Å². The van der Waals surface area contributed by atoms with Crippen LogP contribution in [0.15, 0.2) is 47.4 Å². The summed E-state index contributed by atoms with van der Waals surface area (Å²) in [7, 11) is -3.89. The maximum atomic E-state index is 12.8. The van der Waals surface area contributed by atoms with Crippen LogP contribution >= 0.6 is 23.2 Å². The zero-order valence-corrected chi connectivity index (χ0v) is 16.7. The number of hydrogen-bond acceptors (Lipinski definition) is 5. The normalized spacial score (nSPS) is 15.4. The number of nitro groups is 1. The Labute approximate surface area is 171 Å². The lowest BCUT2D eigenvalue weighted by molar-refractivity contribution is -0.385. The monoisotopic (exact) mass is 443 g/mol. The molecule has 1 aliphatic heterocycles. The molecular formula is C17H15Cl2N3O5S. The van der Waals surface area contributed by atoms with Crippen molar-refractivity contribution in [2.45, 2.75) is 4.90 Å². The molecular weight excluding hydrogens is 429 g/mol. The minimum absolute atomic E-state index is 0.0814.